The first-order valence-electron chi connectivity index (χ1n) is 5.75. The standard InChI is InChI=1S/C11H17N5O/c1-16(8-3-2-6-13-7-8)10-5-4-9(11(12)17)14-15-10/h4-5,8,13H,2-3,6-7H2,1H3,(H2,12,17). The first-order valence-corrected chi connectivity index (χ1v) is 5.75. The van der Waals surface area contributed by atoms with E-state index >= 15 is 0 Å². The number of piperidine rings is 1. The van der Waals surface area contributed by atoms with Crippen LogP contribution >= 0.6 is 0 Å². The molecule has 0 radical (unpaired) electrons. The summed E-state index contributed by atoms with van der Waals surface area (Å²) in [5.41, 5.74) is 5.32. The van der Waals surface area contributed by atoms with Crippen molar-refractivity contribution < 1.29 is 4.79 Å². The number of rotatable bonds is 3. The molecule has 0 saturated carbocycles. The van der Waals surface area contributed by atoms with E-state index < -0.39 is 5.91 Å². The molecule has 1 atom stereocenters. The largest absolute Gasteiger partial charge is 0.364 e. The average molecular weight is 235 g/mol. The van der Waals surface area contributed by atoms with E-state index in [-0.39, 0.29) is 5.69 Å². The van der Waals surface area contributed by atoms with Crippen LogP contribution in [0.2, 0.25) is 0 Å². The van der Waals surface area contributed by atoms with Gasteiger partial charge in [0.15, 0.2) is 11.5 Å². The highest BCUT2D eigenvalue weighted by atomic mass is 16.1. The zero-order chi connectivity index (χ0) is 12.3. The van der Waals surface area contributed by atoms with Crippen molar-refractivity contribution in [3.63, 3.8) is 0 Å². The Morgan fingerprint density at radius 2 is 2.35 bits per heavy atom. The minimum atomic E-state index is -0.550. The molecule has 92 valence electrons. The summed E-state index contributed by atoms with van der Waals surface area (Å²) in [5.74, 6) is 0.217. The summed E-state index contributed by atoms with van der Waals surface area (Å²) >= 11 is 0. The Hall–Kier alpha value is -1.69. The van der Waals surface area contributed by atoms with Gasteiger partial charge < -0.3 is 16.0 Å². The van der Waals surface area contributed by atoms with Gasteiger partial charge in [0.1, 0.15) is 0 Å². The molecular weight excluding hydrogens is 218 g/mol. The Labute approximate surface area is 100 Å². The number of primary amides is 1. The van der Waals surface area contributed by atoms with Gasteiger partial charge >= 0.3 is 0 Å². The van der Waals surface area contributed by atoms with E-state index in [4.69, 9.17) is 5.73 Å². The molecule has 2 rings (SSSR count). The van der Waals surface area contributed by atoms with Gasteiger partial charge in [-0.2, -0.15) is 0 Å². The van der Waals surface area contributed by atoms with Crippen molar-refractivity contribution in [1.82, 2.24) is 15.5 Å². The number of hydrogen-bond donors (Lipinski definition) is 2. The Morgan fingerprint density at radius 1 is 1.53 bits per heavy atom. The number of nitrogens with one attached hydrogen (secondary N) is 1. The van der Waals surface area contributed by atoms with Crippen molar-refractivity contribution in [3.05, 3.63) is 17.8 Å². The molecule has 17 heavy (non-hydrogen) atoms. The van der Waals surface area contributed by atoms with Crippen molar-refractivity contribution in [2.75, 3.05) is 25.0 Å². The lowest BCUT2D eigenvalue weighted by Gasteiger charge is -2.32. The highest BCUT2D eigenvalue weighted by molar-refractivity contribution is 5.90. The van der Waals surface area contributed by atoms with Crippen molar-refractivity contribution in [2.24, 2.45) is 5.73 Å². The number of aromatic nitrogens is 2. The van der Waals surface area contributed by atoms with Crippen molar-refractivity contribution >= 4 is 11.7 Å². The van der Waals surface area contributed by atoms with E-state index in [0.29, 0.717) is 6.04 Å². The molecule has 0 aromatic carbocycles. The van der Waals surface area contributed by atoms with Gasteiger partial charge in [-0.15, -0.1) is 10.2 Å². The number of likely N-dealkylation sites (N-methyl/N-ethyl adjacent to an activating group) is 1. The van der Waals surface area contributed by atoms with E-state index in [1.54, 1.807) is 12.1 Å². The fraction of sp³-hybridized carbons (Fsp3) is 0.545. The zero-order valence-corrected chi connectivity index (χ0v) is 9.89. The van der Waals surface area contributed by atoms with Gasteiger partial charge in [0, 0.05) is 19.6 Å². The lowest BCUT2D eigenvalue weighted by molar-refractivity contribution is 0.0994. The van der Waals surface area contributed by atoms with Gasteiger partial charge in [-0.25, -0.2) is 0 Å². The molecule has 1 fully saturated rings. The van der Waals surface area contributed by atoms with Crippen molar-refractivity contribution in [2.45, 2.75) is 18.9 Å². The summed E-state index contributed by atoms with van der Waals surface area (Å²) in [6.07, 6.45) is 2.31. The maximum absolute atomic E-state index is 10.9. The Bertz CT molecular complexity index is 385. The summed E-state index contributed by atoms with van der Waals surface area (Å²) in [5, 5.41) is 11.2. The first kappa shape index (κ1) is 11.8. The third kappa shape index (κ3) is 2.71. The summed E-state index contributed by atoms with van der Waals surface area (Å²) in [4.78, 5) is 13.0. The summed E-state index contributed by atoms with van der Waals surface area (Å²) in [6.45, 7) is 2.03. The highest BCUT2D eigenvalue weighted by Crippen LogP contribution is 2.15. The predicted molar refractivity (Wildman–Crippen MR) is 64.8 cm³/mol. The van der Waals surface area contributed by atoms with Crippen LogP contribution in [0.25, 0.3) is 0 Å². The van der Waals surface area contributed by atoms with Crippen LogP contribution in [-0.2, 0) is 0 Å². The second kappa shape index (κ2) is 5.09. The molecule has 1 aromatic heterocycles. The number of amides is 1. The van der Waals surface area contributed by atoms with E-state index in [1.807, 2.05) is 7.05 Å². The summed E-state index contributed by atoms with van der Waals surface area (Å²) < 4.78 is 0. The minimum absolute atomic E-state index is 0.198. The molecule has 0 spiro atoms. The van der Waals surface area contributed by atoms with Crippen LogP contribution in [0.5, 0.6) is 0 Å². The summed E-state index contributed by atoms with van der Waals surface area (Å²) in [6, 6.07) is 3.82. The van der Waals surface area contributed by atoms with Crippen molar-refractivity contribution in [1.29, 1.82) is 0 Å². The number of carbonyl (C=O) groups is 1. The van der Waals surface area contributed by atoms with Crippen LogP contribution in [0.1, 0.15) is 23.3 Å². The van der Waals surface area contributed by atoms with Crippen LogP contribution in [0.4, 0.5) is 5.82 Å². The van der Waals surface area contributed by atoms with Gasteiger partial charge in [0.25, 0.3) is 5.91 Å². The normalized spacial score (nSPS) is 19.9. The monoisotopic (exact) mass is 235 g/mol. The molecule has 1 amide bonds. The maximum Gasteiger partial charge on any atom is 0.269 e. The molecule has 0 aliphatic carbocycles. The topological polar surface area (TPSA) is 84.1 Å². The molecule has 1 aliphatic heterocycles. The first-order chi connectivity index (χ1) is 8.18. The number of anilines is 1. The third-order valence-electron chi connectivity index (χ3n) is 3.08. The molecule has 6 nitrogen and oxygen atoms in total. The Balaban J connectivity index is 2.07. The molecule has 2 heterocycles. The smallest absolute Gasteiger partial charge is 0.269 e. The van der Waals surface area contributed by atoms with Gasteiger partial charge in [-0.05, 0) is 31.5 Å². The molecule has 3 N–H and O–H groups in total. The zero-order valence-electron chi connectivity index (χ0n) is 9.89. The van der Waals surface area contributed by atoms with E-state index in [2.05, 4.69) is 20.4 Å². The lowest BCUT2D eigenvalue weighted by Crippen LogP contribution is -2.44. The second-order valence-electron chi connectivity index (χ2n) is 4.25. The number of carbonyl (C=O) groups excluding carboxylic acids is 1. The van der Waals surface area contributed by atoms with E-state index in [0.717, 1.165) is 25.3 Å². The van der Waals surface area contributed by atoms with Gasteiger partial charge in [-0.3, -0.25) is 4.79 Å². The molecular formula is C11H17N5O. The van der Waals surface area contributed by atoms with Crippen LogP contribution < -0.4 is 16.0 Å². The molecule has 1 saturated heterocycles. The fourth-order valence-electron chi connectivity index (χ4n) is 2.00. The highest BCUT2D eigenvalue weighted by Gasteiger charge is 2.19. The third-order valence-corrected chi connectivity index (χ3v) is 3.08. The van der Waals surface area contributed by atoms with Gasteiger partial charge in [0.2, 0.25) is 0 Å². The lowest BCUT2D eigenvalue weighted by atomic mass is 10.1. The molecule has 6 heteroatoms. The van der Waals surface area contributed by atoms with Crippen LogP contribution in [-0.4, -0.2) is 42.3 Å². The Kier molecular flexibility index (Phi) is 3.53. The Morgan fingerprint density at radius 3 is 2.88 bits per heavy atom. The number of hydrogen-bond acceptors (Lipinski definition) is 5. The SMILES string of the molecule is CN(c1ccc(C(N)=O)nn1)C1CCCNC1. The van der Waals surface area contributed by atoms with Crippen LogP contribution in [0.15, 0.2) is 12.1 Å². The molecule has 1 unspecified atom stereocenters. The average Bonchev–Trinajstić information content (AvgIpc) is 2.39. The fourth-order valence-corrected chi connectivity index (χ4v) is 2.00. The minimum Gasteiger partial charge on any atom is -0.364 e. The van der Waals surface area contributed by atoms with Crippen LogP contribution in [0.3, 0.4) is 0 Å². The van der Waals surface area contributed by atoms with Gasteiger partial charge in [-0.1, -0.05) is 0 Å². The molecule has 0 bridgehead atoms. The summed E-state index contributed by atoms with van der Waals surface area (Å²) in [7, 11) is 1.99. The number of nitrogens with zero attached hydrogens (tertiary/aromatic N) is 3. The van der Waals surface area contributed by atoms with Gasteiger partial charge in [0.05, 0.1) is 0 Å². The van der Waals surface area contributed by atoms with E-state index in [9.17, 15) is 4.79 Å². The van der Waals surface area contributed by atoms with Crippen LogP contribution in [0, 0.1) is 0 Å². The molecule has 1 aromatic rings. The predicted octanol–water partition coefficient (Wildman–Crippen LogP) is -0.236. The number of nitrogens with two attached hydrogens (primary N) is 1. The quantitative estimate of drug-likeness (QED) is 0.755. The van der Waals surface area contributed by atoms with E-state index in [1.165, 1.54) is 6.42 Å². The second-order valence-corrected chi connectivity index (χ2v) is 4.25. The van der Waals surface area contributed by atoms with Crippen molar-refractivity contribution in [3.8, 4) is 0 Å². The molecule has 1 aliphatic rings. The maximum atomic E-state index is 10.9.